The van der Waals surface area contributed by atoms with Crippen LogP contribution in [0.4, 0.5) is 40.8 Å². The molecule has 0 aliphatic rings. The molecule has 0 aliphatic heterocycles. The highest BCUT2D eigenvalue weighted by atomic mass is 19.4. The summed E-state index contributed by atoms with van der Waals surface area (Å²) in [5.74, 6) is -14.9. The zero-order chi connectivity index (χ0) is 18.9. The van der Waals surface area contributed by atoms with Gasteiger partial charge >= 0.3 is 6.36 Å². The van der Waals surface area contributed by atoms with Crippen LogP contribution in [-0.2, 0) is 0 Å². The fourth-order valence-electron chi connectivity index (χ4n) is 1.77. The molecule has 2 aromatic carbocycles. The number of hydrogen-bond acceptors (Lipinski definition) is 2. The van der Waals surface area contributed by atoms with E-state index in [1.54, 1.807) is 5.32 Å². The van der Waals surface area contributed by atoms with Crippen molar-refractivity contribution in [2.45, 2.75) is 6.36 Å². The molecule has 0 spiro atoms. The number of ether oxygens (including phenoxy) is 1. The Kier molecular flexibility index (Phi) is 4.86. The normalized spacial score (nSPS) is 11.4. The van der Waals surface area contributed by atoms with Crippen molar-refractivity contribution in [1.29, 1.82) is 0 Å². The van der Waals surface area contributed by atoms with Gasteiger partial charge in [0.25, 0.3) is 5.91 Å². The van der Waals surface area contributed by atoms with Gasteiger partial charge in [-0.1, -0.05) is 12.1 Å². The molecule has 0 bridgehead atoms. The van der Waals surface area contributed by atoms with Crippen molar-refractivity contribution < 1.29 is 44.7 Å². The average molecular weight is 371 g/mol. The summed E-state index contributed by atoms with van der Waals surface area (Å²) in [4.78, 5) is 11.8. The third-order valence-corrected chi connectivity index (χ3v) is 2.80. The fourth-order valence-corrected chi connectivity index (χ4v) is 1.77. The van der Waals surface area contributed by atoms with E-state index in [9.17, 15) is 39.9 Å². The standard InChI is InChI=1S/C14H5F8NO2/c15-8-7(9(16)11(18)12(19)10(8)17)13(24)23-5-3-1-2-4-6(5)25-14(20,21)22/h1-4H,(H,23,24). The molecule has 0 saturated carbocycles. The molecule has 0 radical (unpaired) electrons. The molecular weight excluding hydrogens is 366 g/mol. The number of para-hydroxylation sites is 2. The molecule has 1 N–H and O–H groups in total. The van der Waals surface area contributed by atoms with Crippen LogP contribution in [0.5, 0.6) is 5.75 Å². The second-order valence-electron chi connectivity index (χ2n) is 4.44. The summed E-state index contributed by atoms with van der Waals surface area (Å²) in [7, 11) is 0. The van der Waals surface area contributed by atoms with Crippen LogP contribution in [0.1, 0.15) is 10.4 Å². The molecule has 1 amide bonds. The van der Waals surface area contributed by atoms with Gasteiger partial charge in [0.1, 0.15) is 5.56 Å². The number of carbonyl (C=O) groups excluding carboxylic acids is 1. The molecular formula is C14H5F8NO2. The van der Waals surface area contributed by atoms with Crippen molar-refractivity contribution in [3.05, 3.63) is 58.9 Å². The molecule has 0 unspecified atom stereocenters. The maximum atomic E-state index is 13.5. The van der Waals surface area contributed by atoms with Crippen LogP contribution in [0.2, 0.25) is 0 Å². The number of halogens is 8. The minimum atomic E-state index is -5.15. The maximum Gasteiger partial charge on any atom is 0.573 e. The Hall–Kier alpha value is -2.85. The fraction of sp³-hybridized carbons (Fsp3) is 0.0714. The van der Waals surface area contributed by atoms with Crippen LogP contribution < -0.4 is 10.1 Å². The van der Waals surface area contributed by atoms with Gasteiger partial charge in [0.15, 0.2) is 29.0 Å². The van der Waals surface area contributed by atoms with Crippen LogP contribution in [-0.4, -0.2) is 12.3 Å². The average Bonchev–Trinajstić information content (AvgIpc) is 2.52. The van der Waals surface area contributed by atoms with Gasteiger partial charge in [0, 0.05) is 0 Å². The Labute approximate surface area is 133 Å². The van der Waals surface area contributed by atoms with Crippen molar-refractivity contribution in [1.82, 2.24) is 0 Å². The van der Waals surface area contributed by atoms with Gasteiger partial charge in [-0.25, -0.2) is 22.0 Å². The lowest BCUT2D eigenvalue weighted by Gasteiger charge is -2.14. The number of hydrogen-bond donors (Lipinski definition) is 1. The largest absolute Gasteiger partial charge is 0.573 e. The first kappa shape index (κ1) is 18.5. The first-order chi connectivity index (χ1) is 11.5. The molecule has 0 fully saturated rings. The quantitative estimate of drug-likeness (QED) is 0.489. The Morgan fingerprint density at radius 1 is 0.840 bits per heavy atom. The zero-order valence-electron chi connectivity index (χ0n) is 11.6. The van der Waals surface area contributed by atoms with Gasteiger partial charge in [-0.2, -0.15) is 0 Å². The molecule has 2 rings (SSSR count). The number of nitrogens with one attached hydrogen (secondary N) is 1. The highest BCUT2D eigenvalue weighted by Crippen LogP contribution is 2.31. The molecule has 0 saturated heterocycles. The third-order valence-electron chi connectivity index (χ3n) is 2.80. The van der Waals surface area contributed by atoms with Crippen molar-refractivity contribution >= 4 is 11.6 Å². The molecule has 11 heteroatoms. The van der Waals surface area contributed by atoms with E-state index in [4.69, 9.17) is 0 Å². The first-order valence-corrected chi connectivity index (χ1v) is 6.20. The van der Waals surface area contributed by atoms with Crippen LogP contribution >= 0.6 is 0 Å². The van der Waals surface area contributed by atoms with E-state index < -0.39 is 58.4 Å². The maximum absolute atomic E-state index is 13.5. The van der Waals surface area contributed by atoms with Crippen molar-refractivity contribution in [2.75, 3.05) is 5.32 Å². The van der Waals surface area contributed by atoms with Crippen molar-refractivity contribution in [3.63, 3.8) is 0 Å². The summed E-state index contributed by atoms with van der Waals surface area (Å²) in [6.45, 7) is 0. The van der Waals surface area contributed by atoms with E-state index in [0.29, 0.717) is 0 Å². The van der Waals surface area contributed by atoms with Crippen LogP contribution in [0.25, 0.3) is 0 Å². The summed E-state index contributed by atoms with van der Waals surface area (Å²) in [5.41, 5.74) is -2.55. The highest BCUT2D eigenvalue weighted by Gasteiger charge is 2.33. The SMILES string of the molecule is O=C(Nc1ccccc1OC(F)(F)F)c1c(F)c(F)c(F)c(F)c1F. The minimum Gasteiger partial charge on any atom is -0.404 e. The van der Waals surface area contributed by atoms with Gasteiger partial charge in [-0.15, -0.1) is 13.2 Å². The van der Waals surface area contributed by atoms with Crippen molar-refractivity contribution in [2.24, 2.45) is 0 Å². The lowest BCUT2D eigenvalue weighted by molar-refractivity contribution is -0.274. The number of carbonyl (C=O) groups is 1. The Morgan fingerprint density at radius 3 is 1.84 bits per heavy atom. The highest BCUT2D eigenvalue weighted by molar-refractivity contribution is 6.05. The molecule has 0 heterocycles. The lowest BCUT2D eigenvalue weighted by atomic mass is 10.1. The summed E-state index contributed by atoms with van der Waals surface area (Å²) in [5, 5.41) is 1.61. The van der Waals surface area contributed by atoms with E-state index >= 15 is 0 Å². The molecule has 3 nitrogen and oxygen atoms in total. The Morgan fingerprint density at radius 2 is 1.32 bits per heavy atom. The van der Waals surface area contributed by atoms with Crippen molar-refractivity contribution in [3.8, 4) is 5.75 Å². The number of anilines is 1. The molecule has 0 aliphatic carbocycles. The lowest BCUT2D eigenvalue weighted by Crippen LogP contribution is -2.22. The number of rotatable bonds is 3. The van der Waals surface area contributed by atoms with Gasteiger partial charge in [-0.3, -0.25) is 4.79 Å². The predicted octanol–water partition coefficient (Wildman–Crippen LogP) is 4.53. The second kappa shape index (κ2) is 6.57. The monoisotopic (exact) mass is 371 g/mol. The number of alkyl halides is 3. The first-order valence-electron chi connectivity index (χ1n) is 6.20. The number of amides is 1. The zero-order valence-corrected chi connectivity index (χ0v) is 11.6. The molecule has 2 aromatic rings. The Bertz CT molecular complexity index is 805. The molecule has 25 heavy (non-hydrogen) atoms. The summed E-state index contributed by atoms with van der Waals surface area (Å²) in [6, 6.07) is 3.86. The second-order valence-corrected chi connectivity index (χ2v) is 4.44. The smallest absolute Gasteiger partial charge is 0.404 e. The van der Waals surface area contributed by atoms with Gasteiger partial charge in [0.05, 0.1) is 5.69 Å². The van der Waals surface area contributed by atoms with Gasteiger partial charge in [-0.05, 0) is 12.1 Å². The Balaban J connectivity index is 2.43. The molecule has 0 aromatic heterocycles. The van der Waals surface area contributed by atoms with Crippen LogP contribution in [0, 0.1) is 29.1 Å². The summed E-state index contributed by atoms with van der Waals surface area (Å²) in [6.07, 6.45) is -5.15. The van der Waals surface area contributed by atoms with Gasteiger partial charge < -0.3 is 10.1 Å². The van der Waals surface area contributed by atoms with E-state index in [2.05, 4.69) is 4.74 Å². The van der Waals surface area contributed by atoms with Gasteiger partial charge in [0.2, 0.25) is 5.82 Å². The number of benzene rings is 2. The topological polar surface area (TPSA) is 38.3 Å². The van der Waals surface area contributed by atoms with E-state index in [1.807, 2.05) is 0 Å². The van der Waals surface area contributed by atoms with E-state index in [0.717, 1.165) is 24.3 Å². The summed E-state index contributed by atoms with van der Waals surface area (Å²) >= 11 is 0. The predicted molar refractivity (Wildman–Crippen MR) is 67.3 cm³/mol. The minimum absolute atomic E-state index is 0.700. The molecule has 134 valence electrons. The third kappa shape index (κ3) is 3.80. The van der Waals surface area contributed by atoms with E-state index in [1.165, 1.54) is 0 Å². The van der Waals surface area contributed by atoms with Crippen LogP contribution in [0.15, 0.2) is 24.3 Å². The molecule has 0 atom stereocenters. The van der Waals surface area contributed by atoms with Crippen LogP contribution in [0.3, 0.4) is 0 Å². The summed E-state index contributed by atoms with van der Waals surface area (Å²) < 4.78 is 107. The van der Waals surface area contributed by atoms with E-state index in [-0.39, 0.29) is 0 Å².